The highest BCUT2D eigenvalue weighted by Crippen LogP contribution is 2.23. The molecular weight excluding hydrogens is 210 g/mol. The van der Waals surface area contributed by atoms with E-state index in [2.05, 4.69) is 42.2 Å². The molecule has 1 atom stereocenters. The van der Waals surface area contributed by atoms with Crippen LogP contribution in [0.15, 0.2) is 36.7 Å². The van der Waals surface area contributed by atoms with Gasteiger partial charge in [-0.05, 0) is 44.1 Å². The number of nitrogens with zero attached hydrogens (tertiary/aromatic N) is 2. The Kier molecular flexibility index (Phi) is 3.71. The first-order chi connectivity index (χ1) is 8.18. The van der Waals surface area contributed by atoms with E-state index in [0.717, 1.165) is 13.0 Å². The largest absolute Gasteiger partial charge is 0.324 e. The third kappa shape index (κ3) is 2.81. The van der Waals surface area contributed by atoms with Gasteiger partial charge in [0, 0.05) is 23.8 Å². The van der Waals surface area contributed by atoms with Gasteiger partial charge in [0.15, 0.2) is 0 Å². The Hall–Kier alpha value is -1.45. The molecule has 0 bridgehead atoms. The van der Waals surface area contributed by atoms with Gasteiger partial charge in [0.05, 0.1) is 0 Å². The summed E-state index contributed by atoms with van der Waals surface area (Å²) < 4.78 is 0. The summed E-state index contributed by atoms with van der Waals surface area (Å²) in [5.41, 5.74) is 7.45. The van der Waals surface area contributed by atoms with E-state index in [1.807, 2.05) is 18.5 Å². The number of pyridine rings is 1. The summed E-state index contributed by atoms with van der Waals surface area (Å²) in [5, 5.41) is 2.37. The fourth-order valence-electron chi connectivity index (χ4n) is 2.01. The van der Waals surface area contributed by atoms with Crippen LogP contribution in [0.4, 0.5) is 0 Å². The maximum atomic E-state index is 6.25. The maximum Gasteiger partial charge on any atom is 0.0349 e. The van der Waals surface area contributed by atoms with E-state index in [9.17, 15) is 0 Å². The normalized spacial score (nSPS) is 13.2. The fourth-order valence-corrected chi connectivity index (χ4v) is 2.01. The molecule has 2 aromatic rings. The van der Waals surface area contributed by atoms with Gasteiger partial charge >= 0.3 is 0 Å². The van der Waals surface area contributed by atoms with E-state index in [1.54, 1.807) is 0 Å². The van der Waals surface area contributed by atoms with Crippen LogP contribution in [0.1, 0.15) is 18.0 Å². The average molecular weight is 229 g/mol. The van der Waals surface area contributed by atoms with Gasteiger partial charge in [-0.3, -0.25) is 4.98 Å². The van der Waals surface area contributed by atoms with Gasteiger partial charge in [-0.25, -0.2) is 0 Å². The van der Waals surface area contributed by atoms with E-state index in [-0.39, 0.29) is 6.04 Å². The predicted molar refractivity (Wildman–Crippen MR) is 71.8 cm³/mol. The molecule has 90 valence electrons. The number of fused-ring (bicyclic) bond motifs is 1. The molecule has 0 saturated carbocycles. The van der Waals surface area contributed by atoms with Crippen molar-refractivity contribution in [3.63, 3.8) is 0 Å². The molecule has 0 aliphatic rings. The van der Waals surface area contributed by atoms with Crippen molar-refractivity contribution in [2.24, 2.45) is 5.73 Å². The van der Waals surface area contributed by atoms with Crippen LogP contribution >= 0.6 is 0 Å². The first-order valence-electron chi connectivity index (χ1n) is 5.91. The lowest BCUT2D eigenvalue weighted by Crippen LogP contribution is -2.20. The lowest BCUT2D eigenvalue weighted by molar-refractivity contribution is 0.383. The summed E-state index contributed by atoms with van der Waals surface area (Å²) in [6.45, 7) is 0.998. The predicted octanol–water partition coefficient (Wildman–Crippen LogP) is 2.19. The molecule has 3 heteroatoms. The second kappa shape index (κ2) is 5.25. The topological polar surface area (TPSA) is 42.1 Å². The van der Waals surface area contributed by atoms with E-state index >= 15 is 0 Å². The molecule has 1 aromatic carbocycles. The Morgan fingerprint density at radius 1 is 1.29 bits per heavy atom. The Morgan fingerprint density at radius 2 is 2.12 bits per heavy atom. The van der Waals surface area contributed by atoms with Crippen LogP contribution in [0.25, 0.3) is 10.8 Å². The standard InChI is InChI=1S/C14H19N3/c1-17(2)9-7-14(15)12-5-3-4-11-6-8-16-10-13(11)12/h3-6,8,10,14H,7,9,15H2,1-2H3. The molecule has 0 aliphatic carbocycles. The van der Waals surface area contributed by atoms with E-state index in [4.69, 9.17) is 5.73 Å². The molecule has 2 rings (SSSR count). The third-order valence-corrected chi connectivity index (χ3v) is 3.00. The molecule has 0 saturated heterocycles. The number of nitrogens with two attached hydrogens (primary N) is 1. The minimum absolute atomic E-state index is 0.0744. The Labute approximate surface area is 102 Å². The van der Waals surface area contributed by atoms with Gasteiger partial charge in [-0.1, -0.05) is 18.2 Å². The summed E-state index contributed by atoms with van der Waals surface area (Å²) in [5.74, 6) is 0. The molecule has 2 N–H and O–H groups in total. The quantitative estimate of drug-likeness (QED) is 0.873. The van der Waals surface area contributed by atoms with Gasteiger partial charge in [-0.15, -0.1) is 0 Å². The monoisotopic (exact) mass is 229 g/mol. The summed E-state index contributed by atoms with van der Waals surface area (Å²) >= 11 is 0. The minimum Gasteiger partial charge on any atom is -0.324 e. The lowest BCUT2D eigenvalue weighted by atomic mass is 9.99. The van der Waals surface area contributed by atoms with Crippen molar-refractivity contribution in [1.29, 1.82) is 0 Å². The molecule has 0 aliphatic heterocycles. The van der Waals surface area contributed by atoms with E-state index in [0.29, 0.717) is 0 Å². The molecule has 17 heavy (non-hydrogen) atoms. The number of rotatable bonds is 4. The van der Waals surface area contributed by atoms with Crippen molar-refractivity contribution >= 4 is 10.8 Å². The SMILES string of the molecule is CN(C)CCC(N)c1cccc2ccncc12. The molecule has 1 heterocycles. The van der Waals surface area contributed by atoms with Crippen molar-refractivity contribution in [3.8, 4) is 0 Å². The van der Waals surface area contributed by atoms with Gasteiger partial charge in [0.2, 0.25) is 0 Å². The second-order valence-corrected chi connectivity index (χ2v) is 4.64. The van der Waals surface area contributed by atoms with Crippen LogP contribution in [0.5, 0.6) is 0 Å². The van der Waals surface area contributed by atoms with Gasteiger partial charge in [0.1, 0.15) is 0 Å². The van der Waals surface area contributed by atoms with Crippen LogP contribution in [-0.4, -0.2) is 30.5 Å². The average Bonchev–Trinajstić information content (AvgIpc) is 2.35. The molecular formula is C14H19N3. The number of aromatic nitrogens is 1. The third-order valence-electron chi connectivity index (χ3n) is 3.00. The number of hydrogen-bond acceptors (Lipinski definition) is 3. The van der Waals surface area contributed by atoms with Crippen LogP contribution in [0.3, 0.4) is 0 Å². The van der Waals surface area contributed by atoms with Crippen molar-refractivity contribution in [3.05, 3.63) is 42.2 Å². The Balaban J connectivity index is 2.28. The van der Waals surface area contributed by atoms with Crippen molar-refractivity contribution in [1.82, 2.24) is 9.88 Å². The van der Waals surface area contributed by atoms with Crippen LogP contribution in [-0.2, 0) is 0 Å². The maximum absolute atomic E-state index is 6.25. The fraction of sp³-hybridized carbons (Fsp3) is 0.357. The highest BCUT2D eigenvalue weighted by atomic mass is 15.0. The lowest BCUT2D eigenvalue weighted by Gasteiger charge is -2.17. The summed E-state index contributed by atoms with van der Waals surface area (Å²) in [6, 6.07) is 8.36. The number of hydrogen-bond donors (Lipinski definition) is 1. The summed E-state index contributed by atoms with van der Waals surface area (Å²) in [6.07, 6.45) is 4.68. The molecule has 0 amide bonds. The van der Waals surface area contributed by atoms with Gasteiger partial charge in [-0.2, -0.15) is 0 Å². The van der Waals surface area contributed by atoms with Crippen molar-refractivity contribution in [2.45, 2.75) is 12.5 Å². The second-order valence-electron chi connectivity index (χ2n) is 4.64. The highest BCUT2D eigenvalue weighted by molar-refractivity contribution is 5.85. The van der Waals surface area contributed by atoms with Crippen LogP contribution in [0, 0.1) is 0 Å². The zero-order valence-corrected chi connectivity index (χ0v) is 10.4. The van der Waals surface area contributed by atoms with Crippen LogP contribution < -0.4 is 5.73 Å². The van der Waals surface area contributed by atoms with Crippen LogP contribution in [0.2, 0.25) is 0 Å². The highest BCUT2D eigenvalue weighted by Gasteiger charge is 2.09. The van der Waals surface area contributed by atoms with E-state index < -0.39 is 0 Å². The number of benzene rings is 1. The molecule has 0 fully saturated rings. The summed E-state index contributed by atoms with van der Waals surface area (Å²) in [7, 11) is 4.13. The zero-order chi connectivity index (χ0) is 12.3. The first-order valence-corrected chi connectivity index (χ1v) is 5.91. The van der Waals surface area contributed by atoms with E-state index in [1.165, 1.54) is 16.3 Å². The molecule has 1 aromatic heterocycles. The zero-order valence-electron chi connectivity index (χ0n) is 10.4. The van der Waals surface area contributed by atoms with Gasteiger partial charge < -0.3 is 10.6 Å². The molecule has 0 spiro atoms. The van der Waals surface area contributed by atoms with Crippen molar-refractivity contribution < 1.29 is 0 Å². The molecule has 0 radical (unpaired) electrons. The summed E-state index contributed by atoms with van der Waals surface area (Å²) in [4.78, 5) is 6.34. The minimum atomic E-state index is 0.0744. The van der Waals surface area contributed by atoms with Crippen molar-refractivity contribution in [2.75, 3.05) is 20.6 Å². The molecule has 1 unspecified atom stereocenters. The molecule has 3 nitrogen and oxygen atoms in total. The van der Waals surface area contributed by atoms with Gasteiger partial charge in [0.25, 0.3) is 0 Å². The Bertz CT molecular complexity index is 488. The smallest absolute Gasteiger partial charge is 0.0349 e. The Morgan fingerprint density at radius 3 is 2.88 bits per heavy atom. The first kappa shape index (κ1) is 12.0.